The van der Waals surface area contributed by atoms with Crippen LogP contribution >= 0.6 is 0 Å². The van der Waals surface area contributed by atoms with Crippen molar-refractivity contribution in [2.24, 2.45) is 5.92 Å². The van der Waals surface area contributed by atoms with Gasteiger partial charge in [0.25, 0.3) is 0 Å². The average molecular weight is 450 g/mol. The molecule has 0 radical (unpaired) electrons. The van der Waals surface area contributed by atoms with Gasteiger partial charge in [0.2, 0.25) is 0 Å². The molecule has 0 bridgehead atoms. The molecule has 13 nitrogen and oxygen atoms in total. The summed E-state index contributed by atoms with van der Waals surface area (Å²) in [5.41, 5.74) is 0. The summed E-state index contributed by atoms with van der Waals surface area (Å²) < 4.78 is 0. The zero-order chi connectivity index (χ0) is 23.4. The van der Waals surface area contributed by atoms with Crippen LogP contribution in [0.3, 0.4) is 0 Å². The average Bonchev–Trinajstić information content (AvgIpc) is 2.67. The van der Waals surface area contributed by atoms with Gasteiger partial charge in [-0.25, -0.2) is 0 Å². The maximum atomic E-state index is 11.3. The summed E-state index contributed by atoms with van der Waals surface area (Å²) >= 11 is 0. The molecule has 0 aromatic carbocycles. The number of carboxylic acids is 3. The van der Waals surface area contributed by atoms with Crippen LogP contribution in [-0.4, -0.2) is 154 Å². The van der Waals surface area contributed by atoms with Crippen molar-refractivity contribution in [2.45, 2.75) is 12.1 Å². The molecule has 7 N–H and O–H groups in total. The van der Waals surface area contributed by atoms with Crippen LogP contribution in [0.15, 0.2) is 0 Å². The Labute approximate surface area is 180 Å². The number of carboxylic acid groups (broad SMARTS) is 3. The van der Waals surface area contributed by atoms with E-state index in [4.69, 9.17) is 10.2 Å². The molecule has 13 heteroatoms. The van der Waals surface area contributed by atoms with Gasteiger partial charge >= 0.3 is 17.9 Å². The second-order valence-electron chi connectivity index (χ2n) is 7.63. The van der Waals surface area contributed by atoms with E-state index >= 15 is 0 Å². The summed E-state index contributed by atoms with van der Waals surface area (Å²) in [6.07, 6.45) is -1.24. The van der Waals surface area contributed by atoms with Gasteiger partial charge in [0.1, 0.15) is 0 Å². The zero-order valence-corrected chi connectivity index (χ0v) is 17.5. The van der Waals surface area contributed by atoms with Gasteiger partial charge in [0, 0.05) is 64.4 Å². The summed E-state index contributed by atoms with van der Waals surface area (Å²) in [6.45, 7) is -0.116. The summed E-state index contributed by atoms with van der Waals surface area (Å²) in [7, 11) is 0. The molecule has 1 saturated heterocycles. The Hall–Kier alpha value is -1.87. The molecule has 1 fully saturated rings. The van der Waals surface area contributed by atoms with E-state index in [2.05, 4.69) is 5.32 Å². The predicted octanol–water partition coefficient (Wildman–Crippen LogP) is -3.92. The van der Waals surface area contributed by atoms with E-state index < -0.39 is 49.2 Å². The van der Waals surface area contributed by atoms with Crippen molar-refractivity contribution in [3.05, 3.63) is 0 Å². The van der Waals surface area contributed by atoms with Crippen LogP contribution in [0.5, 0.6) is 0 Å². The molecule has 0 aromatic rings. The van der Waals surface area contributed by atoms with Gasteiger partial charge in [-0.2, -0.15) is 0 Å². The first kappa shape index (κ1) is 27.2. The molecule has 1 aliphatic heterocycles. The third kappa shape index (κ3) is 10.8. The molecule has 1 rings (SSSR count). The third-order valence-electron chi connectivity index (χ3n) is 5.24. The first-order valence-corrected chi connectivity index (χ1v) is 10.1. The fraction of sp³-hybridized carbons (Fsp3) is 0.833. The van der Waals surface area contributed by atoms with E-state index in [1.807, 2.05) is 0 Å². The van der Waals surface area contributed by atoms with Crippen LogP contribution in [0, 0.1) is 5.92 Å². The lowest BCUT2D eigenvalue weighted by Crippen LogP contribution is -2.55. The van der Waals surface area contributed by atoms with Crippen LogP contribution in [0.4, 0.5) is 0 Å². The number of carbonyl (C=O) groups is 3. The van der Waals surface area contributed by atoms with Gasteiger partial charge < -0.3 is 36.0 Å². The highest BCUT2D eigenvalue weighted by molar-refractivity contribution is 5.69. The molecule has 0 aromatic heterocycles. The maximum Gasteiger partial charge on any atom is 0.317 e. The Morgan fingerprint density at radius 2 is 1.23 bits per heavy atom. The molecule has 180 valence electrons. The second kappa shape index (κ2) is 14.2. The number of aliphatic hydroxyl groups is 3. The Morgan fingerprint density at radius 3 is 1.68 bits per heavy atom. The highest BCUT2D eigenvalue weighted by Gasteiger charge is 2.30. The lowest BCUT2D eigenvalue weighted by atomic mass is 9.94. The Morgan fingerprint density at radius 1 is 0.774 bits per heavy atom. The SMILES string of the molecule is O=C(O)CN1CCNC(C(CO)[C@@H](O)CO)CN(CC(=O)O)CCN(CC(=O)O)CC1. The summed E-state index contributed by atoms with van der Waals surface area (Å²) in [5, 5.41) is 59.9. The molecule has 0 spiro atoms. The molecule has 3 atom stereocenters. The van der Waals surface area contributed by atoms with Crippen LogP contribution in [-0.2, 0) is 14.4 Å². The van der Waals surface area contributed by atoms with E-state index in [9.17, 15) is 34.8 Å². The van der Waals surface area contributed by atoms with Crippen molar-refractivity contribution < 1.29 is 45.0 Å². The zero-order valence-electron chi connectivity index (χ0n) is 17.5. The number of hydrogen-bond acceptors (Lipinski definition) is 10. The van der Waals surface area contributed by atoms with Crippen molar-refractivity contribution in [1.82, 2.24) is 20.0 Å². The van der Waals surface area contributed by atoms with Crippen LogP contribution in [0.25, 0.3) is 0 Å². The van der Waals surface area contributed by atoms with E-state index in [0.717, 1.165) is 0 Å². The molecule has 1 heterocycles. The van der Waals surface area contributed by atoms with Gasteiger partial charge in [-0.05, 0) is 0 Å². The first-order chi connectivity index (χ1) is 14.7. The van der Waals surface area contributed by atoms with Crippen LogP contribution in [0.1, 0.15) is 0 Å². The van der Waals surface area contributed by atoms with Gasteiger partial charge in [0.15, 0.2) is 0 Å². The number of aliphatic carboxylic acids is 3. The summed E-state index contributed by atoms with van der Waals surface area (Å²) in [4.78, 5) is 38.5. The Balaban J connectivity index is 3.08. The minimum Gasteiger partial charge on any atom is -0.480 e. The number of rotatable bonds is 10. The minimum absolute atomic E-state index is 0.119. The maximum absolute atomic E-state index is 11.3. The summed E-state index contributed by atoms with van der Waals surface area (Å²) in [5.74, 6) is -3.93. The van der Waals surface area contributed by atoms with Gasteiger partial charge in [-0.3, -0.25) is 29.1 Å². The van der Waals surface area contributed by atoms with E-state index in [1.54, 1.807) is 14.7 Å². The monoisotopic (exact) mass is 450 g/mol. The van der Waals surface area contributed by atoms with Gasteiger partial charge in [-0.15, -0.1) is 0 Å². The summed E-state index contributed by atoms with van der Waals surface area (Å²) in [6, 6.07) is -0.592. The van der Waals surface area contributed by atoms with Crippen molar-refractivity contribution >= 4 is 17.9 Å². The number of aliphatic hydroxyl groups excluding tert-OH is 3. The largest absolute Gasteiger partial charge is 0.480 e. The second-order valence-corrected chi connectivity index (χ2v) is 7.63. The highest BCUT2D eigenvalue weighted by atomic mass is 16.4. The lowest BCUT2D eigenvalue weighted by Gasteiger charge is -2.36. The van der Waals surface area contributed by atoms with Crippen molar-refractivity contribution in [2.75, 3.05) is 78.7 Å². The molecule has 0 saturated carbocycles. The smallest absolute Gasteiger partial charge is 0.317 e. The van der Waals surface area contributed by atoms with Crippen LogP contribution in [0.2, 0.25) is 0 Å². The first-order valence-electron chi connectivity index (χ1n) is 10.1. The Bertz CT molecular complexity index is 580. The normalized spacial score (nSPS) is 22.7. The molecule has 2 unspecified atom stereocenters. The van der Waals surface area contributed by atoms with Crippen molar-refractivity contribution in [3.8, 4) is 0 Å². The standard InChI is InChI=1S/C18H34N4O9/c23-11-13(15(25)12-24)14-7-22(10-18(30)31)6-5-21(9-17(28)29)4-3-20(2-1-19-14)8-16(26)27/h13-15,19,23-25H,1-12H2,(H,26,27)(H,28,29)(H,30,31)/t13?,14?,15-/m0/s1. The highest BCUT2D eigenvalue weighted by Crippen LogP contribution is 2.12. The number of nitrogens with one attached hydrogen (secondary N) is 1. The molecule has 1 aliphatic rings. The molecule has 0 aliphatic carbocycles. The fourth-order valence-corrected chi connectivity index (χ4v) is 3.60. The third-order valence-corrected chi connectivity index (χ3v) is 5.24. The van der Waals surface area contributed by atoms with Crippen LogP contribution < -0.4 is 5.32 Å². The Kier molecular flexibility index (Phi) is 12.5. The topological polar surface area (TPSA) is 194 Å². The molecular weight excluding hydrogens is 416 g/mol. The van der Waals surface area contributed by atoms with Crippen molar-refractivity contribution in [1.29, 1.82) is 0 Å². The predicted molar refractivity (Wildman–Crippen MR) is 108 cm³/mol. The fourth-order valence-electron chi connectivity index (χ4n) is 3.60. The quantitative estimate of drug-likeness (QED) is 0.171. The van der Waals surface area contributed by atoms with E-state index in [0.29, 0.717) is 19.6 Å². The van der Waals surface area contributed by atoms with Crippen molar-refractivity contribution in [3.63, 3.8) is 0 Å². The van der Waals surface area contributed by atoms with Gasteiger partial charge in [-0.1, -0.05) is 0 Å². The van der Waals surface area contributed by atoms with E-state index in [1.165, 1.54) is 0 Å². The molecular formula is C18H34N4O9. The number of nitrogens with zero attached hydrogens (tertiary/aromatic N) is 3. The minimum atomic E-state index is -1.24. The lowest BCUT2D eigenvalue weighted by molar-refractivity contribution is -0.140. The van der Waals surface area contributed by atoms with E-state index in [-0.39, 0.29) is 45.8 Å². The van der Waals surface area contributed by atoms with Gasteiger partial charge in [0.05, 0.1) is 32.3 Å². The molecule has 31 heavy (non-hydrogen) atoms. The molecule has 0 amide bonds. The number of hydrogen-bond donors (Lipinski definition) is 7.